The number of hydrogen-bond acceptors (Lipinski definition) is 4. The molecule has 2 rings (SSSR count). The molecule has 0 radical (unpaired) electrons. The first-order chi connectivity index (χ1) is 12.9. The van der Waals surface area contributed by atoms with E-state index in [2.05, 4.69) is 5.32 Å². The van der Waals surface area contributed by atoms with Gasteiger partial charge in [0.15, 0.2) is 0 Å². The first-order valence-electron chi connectivity index (χ1n) is 8.47. The summed E-state index contributed by atoms with van der Waals surface area (Å²) in [4.78, 5) is 25.6. The molecule has 0 saturated heterocycles. The number of nitrogens with zero attached hydrogens (tertiary/aromatic N) is 1. The highest BCUT2D eigenvalue weighted by Gasteiger charge is 2.14. The van der Waals surface area contributed by atoms with E-state index >= 15 is 0 Å². The second-order valence-electron chi connectivity index (χ2n) is 5.97. The molecule has 0 atom stereocenters. The van der Waals surface area contributed by atoms with Crippen molar-refractivity contribution in [2.45, 2.75) is 13.8 Å². The first kappa shape index (κ1) is 20.6. The van der Waals surface area contributed by atoms with Gasteiger partial charge in [-0.1, -0.05) is 17.7 Å². The monoisotopic (exact) mass is 390 g/mol. The average molecular weight is 391 g/mol. The van der Waals surface area contributed by atoms with Gasteiger partial charge in [0.25, 0.3) is 0 Å². The summed E-state index contributed by atoms with van der Waals surface area (Å²) < 4.78 is 10.7. The fourth-order valence-electron chi connectivity index (χ4n) is 2.39. The maximum Gasteiger partial charge on any atom is 0.244 e. The Bertz CT molecular complexity index is 793. The van der Waals surface area contributed by atoms with Gasteiger partial charge in [-0.3, -0.25) is 9.59 Å². The third kappa shape index (κ3) is 6.49. The fraction of sp³-hybridized carbons (Fsp3) is 0.300. The molecule has 0 unspecified atom stereocenters. The van der Waals surface area contributed by atoms with E-state index in [1.807, 2.05) is 13.0 Å². The second kappa shape index (κ2) is 9.83. The molecule has 2 amide bonds. The van der Waals surface area contributed by atoms with Crippen LogP contribution in [0, 0.1) is 6.92 Å². The number of rotatable bonds is 8. The van der Waals surface area contributed by atoms with Crippen molar-refractivity contribution in [1.29, 1.82) is 0 Å². The maximum absolute atomic E-state index is 12.3. The van der Waals surface area contributed by atoms with Crippen molar-refractivity contribution >= 4 is 29.1 Å². The summed E-state index contributed by atoms with van der Waals surface area (Å²) in [6.45, 7) is 3.80. The van der Waals surface area contributed by atoms with Gasteiger partial charge in [0.05, 0.1) is 20.2 Å². The van der Waals surface area contributed by atoms with Gasteiger partial charge >= 0.3 is 0 Å². The number of methoxy groups -OCH3 is 1. The summed E-state index contributed by atoms with van der Waals surface area (Å²) in [7, 11) is 1.59. The zero-order valence-corrected chi connectivity index (χ0v) is 16.4. The number of carbonyl (C=O) groups is 2. The molecule has 2 aromatic rings. The summed E-state index contributed by atoms with van der Waals surface area (Å²) in [6.07, 6.45) is 0. The molecule has 6 nitrogen and oxygen atoms in total. The van der Waals surface area contributed by atoms with E-state index in [1.165, 1.54) is 11.8 Å². The molecule has 0 spiro atoms. The zero-order valence-electron chi connectivity index (χ0n) is 15.6. The average Bonchev–Trinajstić information content (AvgIpc) is 2.64. The van der Waals surface area contributed by atoms with Crippen molar-refractivity contribution in [1.82, 2.24) is 4.90 Å². The van der Waals surface area contributed by atoms with Crippen LogP contribution in [0.4, 0.5) is 5.69 Å². The SMILES string of the molecule is COc1ccc(OCCN(CC(=O)Nc2cc(Cl)ccc2C)C(C)=O)cc1. The van der Waals surface area contributed by atoms with Crippen LogP contribution in [0.25, 0.3) is 0 Å². The minimum absolute atomic E-state index is 0.0622. The molecule has 2 aromatic carbocycles. The number of nitrogens with one attached hydrogen (secondary N) is 1. The van der Waals surface area contributed by atoms with Gasteiger partial charge in [0, 0.05) is 17.6 Å². The quantitative estimate of drug-likeness (QED) is 0.748. The molecule has 0 aliphatic carbocycles. The van der Waals surface area contributed by atoms with E-state index in [4.69, 9.17) is 21.1 Å². The largest absolute Gasteiger partial charge is 0.497 e. The minimum atomic E-state index is -0.292. The Morgan fingerprint density at radius 2 is 1.78 bits per heavy atom. The highest BCUT2D eigenvalue weighted by atomic mass is 35.5. The third-order valence-corrected chi connectivity index (χ3v) is 4.18. The van der Waals surface area contributed by atoms with Gasteiger partial charge in [-0.25, -0.2) is 0 Å². The smallest absolute Gasteiger partial charge is 0.244 e. The van der Waals surface area contributed by atoms with Crippen molar-refractivity contribution in [3.63, 3.8) is 0 Å². The molecule has 7 heteroatoms. The van der Waals surface area contributed by atoms with E-state index in [0.717, 1.165) is 11.3 Å². The van der Waals surface area contributed by atoms with Crippen LogP contribution in [0.1, 0.15) is 12.5 Å². The molecule has 0 saturated carbocycles. The second-order valence-corrected chi connectivity index (χ2v) is 6.41. The van der Waals surface area contributed by atoms with Crippen LogP contribution in [0.3, 0.4) is 0 Å². The molecule has 27 heavy (non-hydrogen) atoms. The summed E-state index contributed by atoms with van der Waals surface area (Å²) in [6, 6.07) is 12.4. The number of aryl methyl sites for hydroxylation is 1. The summed E-state index contributed by atoms with van der Waals surface area (Å²) >= 11 is 5.96. The lowest BCUT2D eigenvalue weighted by atomic mass is 10.2. The topological polar surface area (TPSA) is 67.9 Å². The molecule has 0 bridgehead atoms. The van der Waals surface area contributed by atoms with Gasteiger partial charge in [0.2, 0.25) is 11.8 Å². The van der Waals surface area contributed by atoms with Gasteiger partial charge in [0.1, 0.15) is 18.1 Å². The van der Waals surface area contributed by atoms with E-state index in [9.17, 15) is 9.59 Å². The molecular formula is C20H23ClN2O4. The Kier molecular flexibility index (Phi) is 7.49. The number of amides is 2. The number of ether oxygens (including phenoxy) is 2. The third-order valence-electron chi connectivity index (χ3n) is 3.94. The first-order valence-corrected chi connectivity index (χ1v) is 8.85. The standard InChI is InChI=1S/C20H23ClN2O4/c1-14-4-5-16(21)12-19(14)22-20(25)13-23(15(2)24)10-11-27-18-8-6-17(26-3)7-9-18/h4-9,12H,10-11,13H2,1-3H3,(H,22,25). The molecule has 0 fully saturated rings. The van der Waals surface area contributed by atoms with Crippen molar-refractivity contribution in [2.75, 3.05) is 32.1 Å². The van der Waals surface area contributed by atoms with E-state index in [-0.39, 0.29) is 25.0 Å². The van der Waals surface area contributed by atoms with Crippen molar-refractivity contribution < 1.29 is 19.1 Å². The fourth-order valence-corrected chi connectivity index (χ4v) is 2.56. The lowest BCUT2D eigenvalue weighted by molar-refractivity contribution is -0.133. The number of anilines is 1. The predicted molar refractivity (Wildman–Crippen MR) is 106 cm³/mol. The van der Waals surface area contributed by atoms with Gasteiger partial charge in [-0.15, -0.1) is 0 Å². The van der Waals surface area contributed by atoms with Gasteiger partial charge in [-0.2, -0.15) is 0 Å². The lowest BCUT2D eigenvalue weighted by Crippen LogP contribution is -2.39. The molecule has 0 heterocycles. The van der Waals surface area contributed by atoms with Gasteiger partial charge < -0.3 is 19.7 Å². The number of halogens is 1. The van der Waals surface area contributed by atoms with Crippen LogP contribution in [0.15, 0.2) is 42.5 Å². The Morgan fingerprint density at radius 1 is 1.11 bits per heavy atom. The molecule has 144 valence electrons. The summed E-state index contributed by atoms with van der Waals surface area (Å²) in [5, 5.41) is 3.32. The number of hydrogen-bond donors (Lipinski definition) is 1. The van der Waals surface area contributed by atoms with Crippen LogP contribution in [0.2, 0.25) is 5.02 Å². The highest BCUT2D eigenvalue weighted by molar-refractivity contribution is 6.31. The summed E-state index contributed by atoms with van der Waals surface area (Å²) in [5.41, 5.74) is 1.52. The Morgan fingerprint density at radius 3 is 2.41 bits per heavy atom. The predicted octanol–water partition coefficient (Wildman–Crippen LogP) is 3.52. The normalized spacial score (nSPS) is 10.2. The molecule has 0 aliphatic heterocycles. The Balaban J connectivity index is 1.87. The lowest BCUT2D eigenvalue weighted by Gasteiger charge is -2.21. The summed E-state index contributed by atoms with van der Waals surface area (Å²) in [5.74, 6) is 0.908. The van der Waals surface area contributed by atoms with E-state index in [1.54, 1.807) is 43.5 Å². The zero-order chi connectivity index (χ0) is 19.8. The molecule has 0 aliphatic rings. The highest BCUT2D eigenvalue weighted by Crippen LogP contribution is 2.20. The molecule has 1 N–H and O–H groups in total. The number of benzene rings is 2. The van der Waals surface area contributed by atoms with E-state index in [0.29, 0.717) is 23.0 Å². The maximum atomic E-state index is 12.3. The van der Waals surface area contributed by atoms with Gasteiger partial charge in [-0.05, 0) is 48.9 Å². The van der Waals surface area contributed by atoms with Crippen LogP contribution >= 0.6 is 11.6 Å². The molecular weight excluding hydrogens is 368 g/mol. The van der Waals surface area contributed by atoms with E-state index < -0.39 is 0 Å². The van der Waals surface area contributed by atoms with Crippen LogP contribution < -0.4 is 14.8 Å². The van der Waals surface area contributed by atoms with Crippen LogP contribution in [0.5, 0.6) is 11.5 Å². The van der Waals surface area contributed by atoms with Crippen molar-refractivity contribution in [3.05, 3.63) is 53.1 Å². The Labute approximate surface area is 164 Å². The van der Waals surface area contributed by atoms with Crippen molar-refractivity contribution in [3.8, 4) is 11.5 Å². The van der Waals surface area contributed by atoms with Crippen LogP contribution in [-0.2, 0) is 9.59 Å². The van der Waals surface area contributed by atoms with Crippen molar-refractivity contribution in [2.24, 2.45) is 0 Å². The number of carbonyl (C=O) groups excluding carboxylic acids is 2. The minimum Gasteiger partial charge on any atom is -0.497 e. The Hall–Kier alpha value is -2.73. The van der Waals surface area contributed by atoms with Crippen LogP contribution in [-0.4, -0.2) is 43.5 Å². The molecule has 0 aromatic heterocycles.